The summed E-state index contributed by atoms with van der Waals surface area (Å²) in [5.74, 6) is 1.63. The SMILES string of the molecule is O=S(=O)(Nc1ccc(Cl)c(-c2nnc3n2CCCCC3)c1)c1ccccc1. The van der Waals surface area contributed by atoms with Gasteiger partial charge in [-0.05, 0) is 43.2 Å². The molecule has 0 spiro atoms. The van der Waals surface area contributed by atoms with Gasteiger partial charge in [-0.15, -0.1) is 10.2 Å². The number of anilines is 1. The van der Waals surface area contributed by atoms with Crippen molar-refractivity contribution in [1.29, 1.82) is 0 Å². The van der Waals surface area contributed by atoms with Gasteiger partial charge in [-0.25, -0.2) is 8.42 Å². The summed E-state index contributed by atoms with van der Waals surface area (Å²) in [5.41, 5.74) is 1.11. The normalized spacial score (nSPS) is 14.4. The van der Waals surface area contributed by atoms with Crippen LogP contribution in [0.2, 0.25) is 5.02 Å². The number of nitrogens with zero attached hydrogens (tertiary/aromatic N) is 3. The molecule has 0 unspecified atom stereocenters. The molecule has 0 amide bonds. The fourth-order valence-corrected chi connectivity index (χ4v) is 4.53. The quantitative estimate of drug-likeness (QED) is 0.711. The highest BCUT2D eigenvalue weighted by atomic mass is 35.5. The van der Waals surface area contributed by atoms with Gasteiger partial charge in [0, 0.05) is 24.2 Å². The number of rotatable bonds is 4. The van der Waals surface area contributed by atoms with Crippen molar-refractivity contribution in [3.05, 3.63) is 59.4 Å². The highest BCUT2D eigenvalue weighted by molar-refractivity contribution is 7.92. The highest BCUT2D eigenvalue weighted by Gasteiger charge is 2.20. The zero-order valence-corrected chi connectivity index (χ0v) is 16.2. The van der Waals surface area contributed by atoms with E-state index in [-0.39, 0.29) is 4.90 Å². The smallest absolute Gasteiger partial charge is 0.261 e. The zero-order chi connectivity index (χ0) is 18.9. The van der Waals surface area contributed by atoms with E-state index < -0.39 is 10.0 Å². The van der Waals surface area contributed by atoms with Crippen LogP contribution in [0.15, 0.2) is 53.4 Å². The van der Waals surface area contributed by atoms with Crippen LogP contribution in [0, 0.1) is 0 Å². The molecule has 0 aliphatic carbocycles. The van der Waals surface area contributed by atoms with Crippen molar-refractivity contribution < 1.29 is 8.42 Å². The van der Waals surface area contributed by atoms with Crippen molar-refractivity contribution in [1.82, 2.24) is 14.8 Å². The number of hydrogen-bond acceptors (Lipinski definition) is 4. The topological polar surface area (TPSA) is 76.9 Å². The molecule has 0 saturated carbocycles. The third kappa shape index (κ3) is 3.70. The Morgan fingerprint density at radius 2 is 1.81 bits per heavy atom. The molecule has 2 aromatic carbocycles. The van der Waals surface area contributed by atoms with Crippen molar-refractivity contribution in [2.45, 2.75) is 37.1 Å². The van der Waals surface area contributed by atoms with Crippen molar-refractivity contribution in [2.75, 3.05) is 4.72 Å². The first-order valence-electron chi connectivity index (χ1n) is 8.84. The lowest BCUT2D eigenvalue weighted by Crippen LogP contribution is -2.13. The van der Waals surface area contributed by atoms with Crippen LogP contribution in [0.4, 0.5) is 5.69 Å². The maximum atomic E-state index is 12.6. The van der Waals surface area contributed by atoms with Crippen LogP contribution in [-0.4, -0.2) is 23.2 Å². The molecule has 140 valence electrons. The summed E-state index contributed by atoms with van der Waals surface area (Å²) in [6.45, 7) is 0.841. The predicted molar refractivity (Wildman–Crippen MR) is 105 cm³/mol. The molecule has 3 aromatic rings. The van der Waals surface area contributed by atoms with Crippen molar-refractivity contribution >= 4 is 27.3 Å². The van der Waals surface area contributed by atoms with Crippen LogP contribution in [0.25, 0.3) is 11.4 Å². The number of fused-ring (bicyclic) bond motifs is 1. The number of aryl methyl sites for hydroxylation is 1. The Kier molecular flexibility index (Phi) is 4.88. The Balaban J connectivity index is 1.70. The second-order valence-corrected chi connectivity index (χ2v) is 8.60. The Morgan fingerprint density at radius 3 is 2.63 bits per heavy atom. The van der Waals surface area contributed by atoms with E-state index in [9.17, 15) is 8.42 Å². The second-order valence-electron chi connectivity index (χ2n) is 6.52. The number of sulfonamides is 1. The molecular weight excluding hydrogens is 384 g/mol. The number of hydrogen-bond donors (Lipinski definition) is 1. The molecule has 0 saturated heterocycles. The lowest BCUT2D eigenvalue weighted by molar-refractivity contribution is 0.601. The van der Waals surface area contributed by atoms with E-state index in [1.54, 1.807) is 48.5 Å². The summed E-state index contributed by atoms with van der Waals surface area (Å²) in [6.07, 6.45) is 4.22. The second kappa shape index (κ2) is 7.32. The van der Waals surface area contributed by atoms with E-state index in [1.165, 1.54) is 0 Å². The number of nitrogens with one attached hydrogen (secondary N) is 1. The van der Waals surface area contributed by atoms with E-state index >= 15 is 0 Å². The molecule has 0 radical (unpaired) electrons. The Labute approximate surface area is 163 Å². The first kappa shape index (κ1) is 18.0. The molecule has 1 N–H and O–H groups in total. The van der Waals surface area contributed by atoms with Crippen molar-refractivity contribution in [3.63, 3.8) is 0 Å². The average Bonchev–Trinajstić information content (AvgIpc) is 2.91. The molecular formula is C19H19ClN4O2S. The Morgan fingerprint density at radius 1 is 1.00 bits per heavy atom. The molecule has 1 aromatic heterocycles. The molecule has 1 aliphatic heterocycles. The number of benzene rings is 2. The fourth-order valence-electron chi connectivity index (χ4n) is 3.26. The van der Waals surface area contributed by atoms with Crippen molar-refractivity contribution in [2.24, 2.45) is 0 Å². The highest BCUT2D eigenvalue weighted by Crippen LogP contribution is 2.32. The molecule has 6 nitrogen and oxygen atoms in total. The average molecular weight is 403 g/mol. The van der Waals surface area contributed by atoms with Gasteiger partial charge in [0.15, 0.2) is 5.82 Å². The van der Waals surface area contributed by atoms with Crippen LogP contribution >= 0.6 is 11.6 Å². The third-order valence-corrected chi connectivity index (χ3v) is 6.35. The Hall–Kier alpha value is -2.38. The van der Waals surface area contributed by atoms with Gasteiger partial charge in [0.2, 0.25) is 0 Å². The minimum absolute atomic E-state index is 0.206. The van der Waals surface area contributed by atoms with Gasteiger partial charge in [-0.2, -0.15) is 0 Å². The number of aromatic nitrogens is 3. The van der Waals surface area contributed by atoms with Gasteiger partial charge < -0.3 is 4.57 Å². The van der Waals surface area contributed by atoms with Gasteiger partial charge in [0.05, 0.1) is 9.92 Å². The van der Waals surface area contributed by atoms with E-state index in [0.717, 1.165) is 38.1 Å². The van der Waals surface area contributed by atoms with Crippen LogP contribution < -0.4 is 4.72 Å². The molecule has 0 fully saturated rings. The molecule has 0 bridgehead atoms. The van der Waals surface area contributed by atoms with Crippen LogP contribution in [0.5, 0.6) is 0 Å². The molecule has 8 heteroatoms. The summed E-state index contributed by atoms with van der Waals surface area (Å²) >= 11 is 6.40. The summed E-state index contributed by atoms with van der Waals surface area (Å²) in [4.78, 5) is 0.206. The minimum atomic E-state index is -3.67. The lowest BCUT2D eigenvalue weighted by Gasteiger charge is -2.12. The predicted octanol–water partition coefficient (Wildman–Crippen LogP) is 4.13. The molecule has 0 atom stereocenters. The molecule has 4 rings (SSSR count). The maximum absolute atomic E-state index is 12.6. The summed E-state index contributed by atoms with van der Waals surface area (Å²) in [5, 5.41) is 9.13. The van der Waals surface area contributed by atoms with Crippen LogP contribution in [0.3, 0.4) is 0 Å². The van der Waals surface area contributed by atoms with Gasteiger partial charge in [0.1, 0.15) is 5.82 Å². The van der Waals surface area contributed by atoms with Gasteiger partial charge in [0.25, 0.3) is 10.0 Å². The van der Waals surface area contributed by atoms with Gasteiger partial charge >= 0.3 is 0 Å². The first-order valence-corrected chi connectivity index (χ1v) is 10.7. The van der Waals surface area contributed by atoms with Crippen LogP contribution in [0.1, 0.15) is 25.1 Å². The molecule has 1 aliphatic rings. The van der Waals surface area contributed by atoms with Crippen molar-refractivity contribution in [3.8, 4) is 11.4 Å². The first-order chi connectivity index (χ1) is 13.0. The van der Waals surface area contributed by atoms with E-state index in [0.29, 0.717) is 22.1 Å². The Bertz CT molecular complexity index is 1060. The molecule has 2 heterocycles. The van der Waals surface area contributed by atoms with Crippen LogP contribution in [-0.2, 0) is 23.0 Å². The largest absolute Gasteiger partial charge is 0.311 e. The third-order valence-electron chi connectivity index (χ3n) is 4.62. The van der Waals surface area contributed by atoms with E-state index in [4.69, 9.17) is 11.6 Å². The standard InChI is InChI=1S/C19H19ClN4O2S/c20-17-11-10-14(23-27(25,26)15-7-3-1-4-8-15)13-16(17)19-22-21-18-9-5-2-6-12-24(18)19/h1,3-4,7-8,10-11,13,23H,2,5-6,9,12H2. The summed E-state index contributed by atoms with van der Waals surface area (Å²) < 4.78 is 29.9. The number of halogens is 1. The minimum Gasteiger partial charge on any atom is -0.311 e. The van der Waals surface area contributed by atoms with Gasteiger partial charge in [-0.1, -0.05) is 36.2 Å². The van der Waals surface area contributed by atoms with E-state index in [2.05, 4.69) is 19.5 Å². The lowest BCUT2D eigenvalue weighted by atomic mass is 10.2. The fraction of sp³-hybridized carbons (Fsp3) is 0.263. The van der Waals surface area contributed by atoms with E-state index in [1.807, 2.05) is 0 Å². The maximum Gasteiger partial charge on any atom is 0.261 e. The van der Waals surface area contributed by atoms with Gasteiger partial charge in [-0.3, -0.25) is 4.72 Å². The molecule has 27 heavy (non-hydrogen) atoms. The summed E-state index contributed by atoms with van der Waals surface area (Å²) in [6, 6.07) is 13.3. The zero-order valence-electron chi connectivity index (χ0n) is 14.6. The monoisotopic (exact) mass is 402 g/mol. The summed E-state index contributed by atoms with van der Waals surface area (Å²) in [7, 11) is -3.67.